The highest BCUT2D eigenvalue weighted by Crippen LogP contribution is 2.32. The number of carbonyl (C=O) groups excluding carboxylic acids is 1. The van der Waals surface area contributed by atoms with Gasteiger partial charge in [0.25, 0.3) is 0 Å². The minimum Gasteiger partial charge on any atom is -0.490 e. The third-order valence-electron chi connectivity index (χ3n) is 2.77. The first-order valence-electron chi connectivity index (χ1n) is 5.52. The van der Waals surface area contributed by atoms with Gasteiger partial charge in [0.05, 0.1) is 19.3 Å². The Labute approximate surface area is 100 Å². The molecule has 0 saturated heterocycles. The Morgan fingerprint density at radius 1 is 1.59 bits per heavy atom. The Kier molecular flexibility index (Phi) is 3.49. The topological polar surface area (TPSA) is 64.8 Å². The second-order valence-corrected chi connectivity index (χ2v) is 3.85. The predicted molar refractivity (Wildman–Crippen MR) is 64.1 cm³/mol. The number of nitrogens with zero attached hydrogens (tertiary/aromatic N) is 1. The maximum atomic E-state index is 11.3. The van der Waals surface area contributed by atoms with Crippen LogP contribution in [0, 0.1) is 0 Å². The number of hydrogen-bond acceptors (Lipinski definition) is 5. The average Bonchev–Trinajstić information content (AvgIpc) is 2.38. The Morgan fingerprint density at radius 3 is 3.12 bits per heavy atom. The van der Waals surface area contributed by atoms with Crippen LogP contribution in [-0.4, -0.2) is 32.8 Å². The second-order valence-electron chi connectivity index (χ2n) is 3.85. The number of methoxy groups -OCH3 is 1. The quantitative estimate of drug-likeness (QED) is 0.775. The first-order chi connectivity index (χ1) is 8.24. The minimum absolute atomic E-state index is 0.245. The lowest BCUT2D eigenvalue weighted by Gasteiger charge is -2.30. The lowest BCUT2D eigenvalue weighted by Crippen LogP contribution is -2.37. The lowest BCUT2D eigenvalue weighted by molar-refractivity contribution is -0.139. The molecule has 1 aromatic rings. The van der Waals surface area contributed by atoms with Gasteiger partial charge in [-0.05, 0) is 17.7 Å². The Bertz CT molecular complexity index is 420. The summed E-state index contributed by atoms with van der Waals surface area (Å²) in [6, 6.07) is 5.79. The molecule has 0 aliphatic carbocycles. The fourth-order valence-corrected chi connectivity index (χ4v) is 1.83. The summed E-state index contributed by atoms with van der Waals surface area (Å²) < 4.78 is 10.2. The van der Waals surface area contributed by atoms with Crippen LogP contribution in [0.2, 0.25) is 0 Å². The maximum Gasteiger partial charge on any atom is 0.325 e. The molecule has 0 amide bonds. The number of benzene rings is 1. The smallest absolute Gasteiger partial charge is 0.325 e. The number of carbonyl (C=O) groups is 1. The molecule has 0 fully saturated rings. The van der Waals surface area contributed by atoms with Crippen LogP contribution in [0.15, 0.2) is 18.2 Å². The van der Waals surface area contributed by atoms with Gasteiger partial charge in [0, 0.05) is 6.54 Å². The monoisotopic (exact) mass is 236 g/mol. The van der Waals surface area contributed by atoms with Crippen molar-refractivity contribution in [2.75, 3.05) is 31.7 Å². The van der Waals surface area contributed by atoms with Crippen LogP contribution >= 0.6 is 0 Å². The zero-order valence-electron chi connectivity index (χ0n) is 9.81. The molecule has 5 heteroatoms. The molecule has 1 aromatic carbocycles. The number of nitrogens with two attached hydrogens (primary N) is 1. The van der Waals surface area contributed by atoms with Crippen molar-refractivity contribution in [3.63, 3.8) is 0 Å². The molecule has 1 aliphatic heterocycles. The van der Waals surface area contributed by atoms with Gasteiger partial charge in [0.15, 0.2) is 0 Å². The fraction of sp³-hybridized carbons (Fsp3) is 0.417. The summed E-state index contributed by atoms with van der Waals surface area (Å²) in [5, 5.41) is 0. The summed E-state index contributed by atoms with van der Waals surface area (Å²) in [6.07, 6.45) is 0. The average molecular weight is 236 g/mol. The van der Waals surface area contributed by atoms with E-state index in [1.54, 1.807) is 0 Å². The SMILES string of the molecule is COC(=O)CN1CCOc2cc(CN)ccc21. The number of esters is 1. The predicted octanol–water partition coefficient (Wildman–Crippen LogP) is 0.517. The molecule has 0 unspecified atom stereocenters. The van der Waals surface area contributed by atoms with Crippen molar-refractivity contribution in [3.05, 3.63) is 23.8 Å². The normalized spacial score (nSPS) is 13.9. The van der Waals surface area contributed by atoms with Gasteiger partial charge >= 0.3 is 5.97 Å². The van der Waals surface area contributed by atoms with Crippen LogP contribution in [0.25, 0.3) is 0 Å². The van der Waals surface area contributed by atoms with Crippen LogP contribution in [0.1, 0.15) is 5.56 Å². The maximum absolute atomic E-state index is 11.3. The summed E-state index contributed by atoms with van der Waals surface area (Å²) in [5.74, 6) is 0.531. The summed E-state index contributed by atoms with van der Waals surface area (Å²) in [6.45, 7) is 1.98. The molecule has 0 saturated carbocycles. The number of ether oxygens (including phenoxy) is 2. The van der Waals surface area contributed by atoms with E-state index in [0.29, 0.717) is 19.7 Å². The van der Waals surface area contributed by atoms with Gasteiger partial charge in [-0.3, -0.25) is 4.79 Å². The van der Waals surface area contributed by atoms with Crippen LogP contribution in [0.3, 0.4) is 0 Å². The molecule has 0 atom stereocenters. The van der Waals surface area contributed by atoms with Crippen LogP contribution < -0.4 is 15.4 Å². The molecular weight excluding hydrogens is 220 g/mol. The first kappa shape index (κ1) is 11.7. The van der Waals surface area contributed by atoms with E-state index in [1.165, 1.54) is 7.11 Å². The van der Waals surface area contributed by atoms with Crippen LogP contribution in [-0.2, 0) is 16.1 Å². The number of fused-ring (bicyclic) bond motifs is 1. The van der Waals surface area contributed by atoms with E-state index in [4.69, 9.17) is 10.5 Å². The van der Waals surface area contributed by atoms with Gasteiger partial charge in [0.2, 0.25) is 0 Å². The van der Waals surface area contributed by atoms with E-state index in [2.05, 4.69) is 4.74 Å². The molecule has 2 rings (SSSR count). The number of hydrogen-bond donors (Lipinski definition) is 1. The van der Waals surface area contributed by atoms with Crippen LogP contribution in [0.5, 0.6) is 5.75 Å². The zero-order chi connectivity index (χ0) is 12.3. The second kappa shape index (κ2) is 5.05. The number of anilines is 1. The zero-order valence-corrected chi connectivity index (χ0v) is 9.81. The van der Waals surface area contributed by atoms with Gasteiger partial charge in [-0.1, -0.05) is 6.07 Å². The molecule has 5 nitrogen and oxygen atoms in total. The Balaban J connectivity index is 2.22. The molecule has 0 bridgehead atoms. The minimum atomic E-state index is -0.249. The summed E-state index contributed by atoms with van der Waals surface area (Å²) in [4.78, 5) is 13.2. The number of rotatable bonds is 3. The molecule has 2 N–H and O–H groups in total. The van der Waals surface area contributed by atoms with Crippen molar-refractivity contribution in [1.82, 2.24) is 0 Å². The third kappa shape index (κ3) is 2.50. The standard InChI is InChI=1S/C12H16N2O3/c1-16-12(15)8-14-4-5-17-11-6-9(7-13)2-3-10(11)14/h2-3,6H,4-5,7-8,13H2,1H3. The van der Waals surface area contributed by atoms with E-state index in [-0.39, 0.29) is 12.5 Å². The third-order valence-corrected chi connectivity index (χ3v) is 2.77. The van der Waals surface area contributed by atoms with Crippen molar-refractivity contribution >= 4 is 11.7 Å². The molecule has 92 valence electrons. The summed E-state index contributed by atoms with van der Waals surface area (Å²) in [7, 11) is 1.39. The van der Waals surface area contributed by atoms with Crippen molar-refractivity contribution in [3.8, 4) is 5.75 Å². The van der Waals surface area contributed by atoms with Crippen molar-refractivity contribution in [1.29, 1.82) is 0 Å². The molecule has 0 aromatic heterocycles. The molecule has 1 heterocycles. The fourth-order valence-electron chi connectivity index (χ4n) is 1.83. The highest BCUT2D eigenvalue weighted by molar-refractivity contribution is 5.77. The first-order valence-corrected chi connectivity index (χ1v) is 5.52. The van der Waals surface area contributed by atoms with Gasteiger partial charge < -0.3 is 20.1 Å². The van der Waals surface area contributed by atoms with E-state index >= 15 is 0 Å². The Morgan fingerprint density at radius 2 is 2.41 bits per heavy atom. The highest BCUT2D eigenvalue weighted by atomic mass is 16.5. The largest absolute Gasteiger partial charge is 0.490 e. The summed E-state index contributed by atoms with van der Waals surface area (Å²) >= 11 is 0. The lowest BCUT2D eigenvalue weighted by atomic mass is 10.1. The molecule has 0 spiro atoms. The van der Waals surface area contributed by atoms with E-state index in [0.717, 1.165) is 17.0 Å². The summed E-state index contributed by atoms with van der Waals surface area (Å²) in [5.41, 5.74) is 7.51. The van der Waals surface area contributed by atoms with E-state index in [1.807, 2.05) is 23.1 Å². The molecule has 1 aliphatic rings. The van der Waals surface area contributed by atoms with Gasteiger partial charge in [-0.2, -0.15) is 0 Å². The van der Waals surface area contributed by atoms with E-state index in [9.17, 15) is 4.79 Å². The molecule has 17 heavy (non-hydrogen) atoms. The van der Waals surface area contributed by atoms with Crippen LogP contribution in [0.4, 0.5) is 5.69 Å². The van der Waals surface area contributed by atoms with Gasteiger partial charge in [0.1, 0.15) is 18.9 Å². The van der Waals surface area contributed by atoms with Crippen molar-refractivity contribution in [2.45, 2.75) is 6.54 Å². The highest BCUT2D eigenvalue weighted by Gasteiger charge is 2.20. The Hall–Kier alpha value is -1.75. The molecule has 0 radical (unpaired) electrons. The van der Waals surface area contributed by atoms with Gasteiger partial charge in [-0.25, -0.2) is 0 Å². The van der Waals surface area contributed by atoms with Crippen molar-refractivity contribution in [2.24, 2.45) is 5.73 Å². The van der Waals surface area contributed by atoms with Crippen molar-refractivity contribution < 1.29 is 14.3 Å². The molecular formula is C12H16N2O3. The van der Waals surface area contributed by atoms with E-state index < -0.39 is 0 Å². The van der Waals surface area contributed by atoms with Gasteiger partial charge in [-0.15, -0.1) is 0 Å².